The number of aryl methyl sites for hydroxylation is 2. The third-order valence-electron chi connectivity index (χ3n) is 5.66. The van der Waals surface area contributed by atoms with Crippen molar-refractivity contribution in [3.8, 4) is 0 Å². The normalized spacial score (nSPS) is 20.5. The van der Waals surface area contributed by atoms with E-state index in [2.05, 4.69) is 38.3 Å². The van der Waals surface area contributed by atoms with Crippen molar-refractivity contribution in [3.63, 3.8) is 0 Å². The SMILES string of the molecule is CN(Cc1cnoc1C1CC1)C1CN(c2cc3c(nn2)CCC3)C1. The van der Waals surface area contributed by atoms with Gasteiger partial charge in [-0.25, -0.2) is 0 Å². The average Bonchev–Trinajstić information content (AvgIpc) is 3.09. The summed E-state index contributed by atoms with van der Waals surface area (Å²) < 4.78 is 5.45. The van der Waals surface area contributed by atoms with Crippen molar-refractivity contribution in [2.45, 2.75) is 50.6 Å². The highest BCUT2D eigenvalue weighted by Crippen LogP contribution is 2.42. The molecular formula is C18H23N5O. The van der Waals surface area contributed by atoms with Crippen LogP contribution in [0.1, 0.15) is 47.8 Å². The molecule has 3 aliphatic rings. The van der Waals surface area contributed by atoms with Crippen LogP contribution in [0.3, 0.4) is 0 Å². The Morgan fingerprint density at radius 2 is 2.12 bits per heavy atom. The Morgan fingerprint density at radius 1 is 1.25 bits per heavy atom. The van der Waals surface area contributed by atoms with E-state index in [0.29, 0.717) is 12.0 Å². The molecule has 126 valence electrons. The van der Waals surface area contributed by atoms with Crippen molar-refractivity contribution in [1.82, 2.24) is 20.3 Å². The number of rotatable bonds is 5. The first-order valence-electron chi connectivity index (χ1n) is 9.02. The molecular weight excluding hydrogens is 302 g/mol. The summed E-state index contributed by atoms with van der Waals surface area (Å²) >= 11 is 0. The minimum atomic E-state index is 0.557. The van der Waals surface area contributed by atoms with E-state index in [1.54, 1.807) is 0 Å². The molecule has 0 spiro atoms. The maximum atomic E-state index is 5.45. The Kier molecular flexibility index (Phi) is 3.33. The van der Waals surface area contributed by atoms with Crippen molar-refractivity contribution in [3.05, 3.63) is 34.8 Å². The van der Waals surface area contributed by atoms with Gasteiger partial charge in [0.05, 0.1) is 11.9 Å². The topological polar surface area (TPSA) is 58.3 Å². The zero-order valence-corrected chi connectivity index (χ0v) is 14.1. The summed E-state index contributed by atoms with van der Waals surface area (Å²) in [6, 6.07) is 2.80. The highest BCUT2D eigenvalue weighted by Gasteiger charge is 2.34. The molecule has 0 aromatic carbocycles. The number of hydrogen-bond acceptors (Lipinski definition) is 6. The molecule has 1 saturated carbocycles. The van der Waals surface area contributed by atoms with Crippen LogP contribution in [-0.2, 0) is 19.4 Å². The zero-order valence-electron chi connectivity index (χ0n) is 14.1. The molecule has 6 nitrogen and oxygen atoms in total. The minimum Gasteiger partial charge on any atom is -0.361 e. The molecule has 0 atom stereocenters. The van der Waals surface area contributed by atoms with Crippen molar-refractivity contribution in [1.29, 1.82) is 0 Å². The summed E-state index contributed by atoms with van der Waals surface area (Å²) in [5, 5.41) is 12.8. The Morgan fingerprint density at radius 3 is 2.96 bits per heavy atom. The molecule has 0 bridgehead atoms. The van der Waals surface area contributed by atoms with Crippen molar-refractivity contribution in [2.24, 2.45) is 0 Å². The van der Waals surface area contributed by atoms with Gasteiger partial charge >= 0.3 is 0 Å². The smallest absolute Gasteiger partial charge is 0.151 e. The molecule has 2 aliphatic carbocycles. The van der Waals surface area contributed by atoms with Gasteiger partial charge in [-0.15, -0.1) is 5.10 Å². The van der Waals surface area contributed by atoms with Gasteiger partial charge < -0.3 is 9.42 Å². The van der Waals surface area contributed by atoms with E-state index in [-0.39, 0.29) is 0 Å². The third kappa shape index (κ3) is 2.49. The summed E-state index contributed by atoms with van der Waals surface area (Å²) in [7, 11) is 2.19. The van der Waals surface area contributed by atoms with E-state index in [1.165, 1.54) is 36.1 Å². The van der Waals surface area contributed by atoms with Crippen molar-refractivity contribution < 1.29 is 4.52 Å². The summed E-state index contributed by atoms with van der Waals surface area (Å²) in [5.74, 6) is 2.78. The summed E-state index contributed by atoms with van der Waals surface area (Å²) in [5.41, 5.74) is 3.86. The van der Waals surface area contributed by atoms with Crippen molar-refractivity contribution in [2.75, 3.05) is 25.0 Å². The number of hydrogen-bond donors (Lipinski definition) is 0. The number of likely N-dealkylation sites (N-methyl/N-ethyl adjacent to an activating group) is 1. The van der Waals surface area contributed by atoms with Gasteiger partial charge in [0.2, 0.25) is 0 Å². The van der Waals surface area contributed by atoms with Crippen LogP contribution in [0.5, 0.6) is 0 Å². The van der Waals surface area contributed by atoms with Gasteiger partial charge in [0.25, 0.3) is 0 Å². The Balaban J connectivity index is 1.20. The van der Waals surface area contributed by atoms with E-state index >= 15 is 0 Å². The predicted octanol–water partition coefficient (Wildman–Crippen LogP) is 2.15. The van der Waals surface area contributed by atoms with Crippen molar-refractivity contribution >= 4 is 5.82 Å². The van der Waals surface area contributed by atoms with Gasteiger partial charge in [0.15, 0.2) is 5.82 Å². The van der Waals surface area contributed by atoms with Gasteiger partial charge in [0, 0.05) is 37.2 Å². The Labute approximate surface area is 141 Å². The maximum absolute atomic E-state index is 5.45. The van der Waals surface area contributed by atoms with Gasteiger partial charge in [0.1, 0.15) is 5.76 Å². The number of aromatic nitrogens is 3. The van der Waals surface area contributed by atoms with Crippen LogP contribution in [-0.4, -0.2) is 46.4 Å². The highest BCUT2D eigenvalue weighted by molar-refractivity contribution is 5.45. The van der Waals surface area contributed by atoms with E-state index in [1.807, 2.05) is 6.20 Å². The van der Waals surface area contributed by atoms with Crippen LogP contribution in [0.2, 0.25) is 0 Å². The van der Waals surface area contributed by atoms with Gasteiger partial charge in [-0.3, -0.25) is 4.90 Å². The average molecular weight is 325 g/mol. The predicted molar refractivity (Wildman–Crippen MR) is 90.0 cm³/mol. The summed E-state index contributed by atoms with van der Waals surface area (Å²) in [6.45, 7) is 2.96. The lowest BCUT2D eigenvalue weighted by atomic mass is 10.1. The number of nitrogens with zero attached hydrogens (tertiary/aromatic N) is 5. The molecule has 2 fully saturated rings. The van der Waals surface area contributed by atoms with Crippen LogP contribution in [0.4, 0.5) is 5.82 Å². The molecule has 1 aliphatic heterocycles. The van der Waals surface area contributed by atoms with E-state index in [0.717, 1.165) is 44.1 Å². The van der Waals surface area contributed by atoms with E-state index in [4.69, 9.17) is 4.52 Å². The van der Waals surface area contributed by atoms with Crippen LogP contribution in [0, 0.1) is 0 Å². The fraction of sp³-hybridized carbons (Fsp3) is 0.611. The van der Waals surface area contributed by atoms with Crippen LogP contribution in [0.25, 0.3) is 0 Å². The second kappa shape index (κ2) is 5.55. The zero-order chi connectivity index (χ0) is 16.1. The number of fused-ring (bicyclic) bond motifs is 1. The van der Waals surface area contributed by atoms with E-state index < -0.39 is 0 Å². The molecule has 3 heterocycles. The van der Waals surface area contributed by atoms with Gasteiger partial charge in [-0.2, -0.15) is 5.10 Å². The Bertz CT molecular complexity index is 748. The van der Waals surface area contributed by atoms with Gasteiger partial charge in [-0.05, 0) is 50.8 Å². The molecule has 0 amide bonds. The summed E-state index contributed by atoms with van der Waals surface area (Å²) in [6.07, 6.45) is 7.87. The number of anilines is 1. The molecule has 5 rings (SSSR count). The monoisotopic (exact) mass is 325 g/mol. The first-order chi connectivity index (χ1) is 11.8. The second-order valence-corrected chi connectivity index (χ2v) is 7.49. The fourth-order valence-electron chi connectivity index (χ4n) is 3.86. The van der Waals surface area contributed by atoms with Crippen LogP contribution in [0.15, 0.2) is 16.8 Å². The highest BCUT2D eigenvalue weighted by atomic mass is 16.5. The second-order valence-electron chi connectivity index (χ2n) is 7.49. The van der Waals surface area contributed by atoms with Gasteiger partial charge in [-0.1, -0.05) is 5.16 Å². The maximum Gasteiger partial charge on any atom is 0.151 e. The molecule has 24 heavy (non-hydrogen) atoms. The minimum absolute atomic E-state index is 0.557. The quantitative estimate of drug-likeness (QED) is 0.839. The largest absolute Gasteiger partial charge is 0.361 e. The molecule has 0 radical (unpaired) electrons. The van der Waals surface area contributed by atoms with Crippen LogP contribution < -0.4 is 4.90 Å². The first-order valence-corrected chi connectivity index (χ1v) is 9.02. The molecule has 6 heteroatoms. The lowest BCUT2D eigenvalue weighted by Gasteiger charge is -2.44. The Hall–Kier alpha value is -1.95. The molecule has 2 aromatic heterocycles. The molecule has 2 aromatic rings. The van der Waals surface area contributed by atoms with E-state index in [9.17, 15) is 0 Å². The standard InChI is InChI=1S/C18H23N5O/c1-22(9-14-8-19-24-18(14)12-5-6-12)15-10-23(11-15)17-7-13-3-2-4-16(13)20-21-17/h7-8,12,15H,2-6,9-11H2,1H3. The molecule has 0 N–H and O–H groups in total. The lowest BCUT2D eigenvalue weighted by Crippen LogP contribution is -2.58. The third-order valence-corrected chi connectivity index (χ3v) is 5.66. The van der Waals surface area contributed by atoms with Crippen LogP contribution >= 0.6 is 0 Å². The first kappa shape index (κ1) is 14.4. The molecule has 0 unspecified atom stereocenters. The molecule has 1 saturated heterocycles. The summed E-state index contributed by atoms with van der Waals surface area (Å²) in [4.78, 5) is 4.75. The lowest BCUT2D eigenvalue weighted by molar-refractivity contribution is 0.195. The fourth-order valence-corrected chi connectivity index (χ4v) is 3.86.